The lowest BCUT2D eigenvalue weighted by Crippen LogP contribution is -2.33. The van der Waals surface area contributed by atoms with E-state index in [1.807, 2.05) is 4.90 Å². The molecule has 0 amide bonds. The van der Waals surface area contributed by atoms with Gasteiger partial charge in [0, 0.05) is 24.7 Å². The zero-order valence-corrected chi connectivity index (χ0v) is 11.4. The van der Waals surface area contributed by atoms with Crippen molar-refractivity contribution in [2.45, 2.75) is 45.3 Å². The van der Waals surface area contributed by atoms with Crippen molar-refractivity contribution in [2.75, 3.05) is 17.2 Å². The van der Waals surface area contributed by atoms with E-state index in [0.717, 1.165) is 38.3 Å². The summed E-state index contributed by atoms with van der Waals surface area (Å²) in [4.78, 5) is 2.04. The third kappa shape index (κ3) is 3.29. The number of rotatable bonds is 3. The first kappa shape index (κ1) is 14.8. The lowest BCUT2D eigenvalue weighted by atomic mass is 10.1. The van der Waals surface area contributed by atoms with Crippen molar-refractivity contribution in [3.63, 3.8) is 0 Å². The van der Waals surface area contributed by atoms with Crippen molar-refractivity contribution in [1.29, 1.82) is 0 Å². The summed E-state index contributed by atoms with van der Waals surface area (Å²) in [6.07, 6.45) is 4.26. The summed E-state index contributed by atoms with van der Waals surface area (Å²) in [5.41, 5.74) is 6.65. The second kappa shape index (κ2) is 6.24. The highest BCUT2D eigenvalue weighted by molar-refractivity contribution is 5.70. The van der Waals surface area contributed by atoms with Crippen LogP contribution in [0.1, 0.15) is 32.6 Å². The number of benzene rings is 1. The van der Waals surface area contributed by atoms with Crippen molar-refractivity contribution in [3.8, 4) is 5.75 Å². The SMILES string of the molecule is CC1CCCCCN1c1cc(OC(F)F)c(F)cc1N. The van der Waals surface area contributed by atoms with E-state index in [1.54, 1.807) is 0 Å². The average molecular weight is 288 g/mol. The van der Waals surface area contributed by atoms with Crippen LogP contribution in [0.3, 0.4) is 0 Å². The number of alkyl halides is 2. The molecule has 0 radical (unpaired) electrons. The Kier molecular flexibility index (Phi) is 4.62. The van der Waals surface area contributed by atoms with Gasteiger partial charge in [-0.05, 0) is 19.8 Å². The molecule has 1 aliphatic heterocycles. The number of nitrogen functional groups attached to an aromatic ring is 1. The Bertz CT molecular complexity index is 468. The van der Waals surface area contributed by atoms with E-state index in [0.29, 0.717) is 5.69 Å². The molecule has 1 atom stereocenters. The van der Waals surface area contributed by atoms with Gasteiger partial charge in [-0.2, -0.15) is 8.78 Å². The molecule has 1 aliphatic rings. The molecule has 3 nitrogen and oxygen atoms in total. The largest absolute Gasteiger partial charge is 0.432 e. The van der Waals surface area contributed by atoms with Crippen LogP contribution in [0.25, 0.3) is 0 Å². The van der Waals surface area contributed by atoms with Gasteiger partial charge in [0.2, 0.25) is 0 Å². The van der Waals surface area contributed by atoms with Crippen LogP contribution in [-0.2, 0) is 0 Å². The summed E-state index contributed by atoms with van der Waals surface area (Å²) in [6, 6.07) is 2.56. The quantitative estimate of drug-likeness (QED) is 0.860. The summed E-state index contributed by atoms with van der Waals surface area (Å²) in [5, 5.41) is 0. The Hall–Kier alpha value is -1.59. The van der Waals surface area contributed by atoms with E-state index in [9.17, 15) is 13.2 Å². The molecule has 0 bridgehead atoms. The number of anilines is 2. The van der Waals surface area contributed by atoms with E-state index >= 15 is 0 Å². The highest BCUT2D eigenvalue weighted by Gasteiger charge is 2.22. The minimum absolute atomic E-state index is 0.240. The minimum atomic E-state index is -3.05. The fourth-order valence-corrected chi connectivity index (χ4v) is 2.63. The van der Waals surface area contributed by atoms with Crippen LogP contribution in [0.4, 0.5) is 24.5 Å². The normalized spacial score (nSPS) is 20.1. The zero-order valence-electron chi connectivity index (χ0n) is 11.4. The van der Waals surface area contributed by atoms with Crippen LogP contribution in [0.2, 0.25) is 0 Å². The fourth-order valence-electron chi connectivity index (χ4n) is 2.63. The molecule has 2 N–H and O–H groups in total. The van der Waals surface area contributed by atoms with Crippen LogP contribution < -0.4 is 15.4 Å². The van der Waals surface area contributed by atoms with Gasteiger partial charge in [-0.25, -0.2) is 4.39 Å². The van der Waals surface area contributed by atoms with E-state index < -0.39 is 18.2 Å². The summed E-state index contributed by atoms with van der Waals surface area (Å²) >= 11 is 0. The number of halogens is 3. The molecular formula is C14H19F3N2O. The van der Waals surface area contributed by atoms with Crippen LogP contribution in [0, 0.1) is 5.82 Å². The lowest BCUT2D eigenvalue weighted by Gasteiger charge is -2.31. The Morgan fingerprint density at radius 1 is 1.30 bits per heavy atom. The maximum atomic E-state index is 13.6. The van der Waals surface area contributed by atoms with Crippen LogP contribution in [0.5, 0.6) is 5.75 Å². The Morgan fingerprint density at radius 3 is 2.75 bits per heavy atom. The van der Waals surface area contributed by atoms with Gasteiger partial charge in [0.1, 0.15) is 0 Å². The first-order valence-electron chi connectivity index (χ1n) is 6.79. The van der Waals surface area contributed by atoms with Crippen LogP contribution in [0.15, 0.2) is 12.1 Å². The summed E-state index contributed by atoms with van der Waals surface area (Å²) in [7, 11) is 0. The Labute approximate surface area is 116 Å². The minimum Gasteiger partial charge on any atom is -0.432 e. The molecule has 0 aliphatic carbocycles. The molecule has 1 fully saturated rings. The smallest absolute Gasteiger partial charge is 0.387 e. The number of nitrogens with two attached hydrogens (primary N) is 1. The Balaban J connectivity index is 2.33. The predicted octanol–water partition coefficient (Wildman–Crippen LogP) is 3.78. The predicted molar refractivity (Wildman–Crippen MR) is 72.7 cm³/mol. The molecule has 1 unspecified atom stereocenters. The van der Waals surface area contributed by atoms with Crippen molar-refractivity contribution in [2.24, 2.45) is 0 Å². The second-order valence-electron chi connectivity index (χ2n) is 5.11. The topological polar surface area (TPSA) is 38.5 Å². The standard InChI is InChI=1S/C14H19F3N2O/c1-9-5-3-2-4-6-19(9)12-8-13(20-14(16)17)10(15)7-11(12)18/h7-9,14H,2-6,18H2,1H3. The van der Waals surface area contributed by atoms with Crippen molar-refractivity contribution < 1.29 is 17.9 Å². The van der Waals surface area contributed by atoms with E-state index in [1.165, 1.54) is 6.07 Å². The van der Waals surface area contributed by atoms with Gasteiger partial charge in [0.25, 0.3) is 0 Å². The van der Waals surface area contributed by atoms with E-state index in [4.69, 9.17) is 5.73 Å². The van der Waals surface area contributed by atoms with Gasteiger partial charge in [-0.3, -0.25) is 0 Å². The molecule has 6 heteroatoms. The fraction of sp³-hybridized carbons (Fsp3) is 0.571. The van der Waals surface area contributed by atoms with E-state index in [2.05, 4.69) is 11.7 Å². The molecular weight excluding hydrogens is 269 g/mol. The molecule has 20 heavy (non-hydrogen) atoms. The summed E-state index contributed by atoms with van der Waals surface area (Å²) in [5.74, 6) is -1.32. The molecule has 0 aromatic heterocycles. The van der Waals surface area contributed by atoms with Crippen molar-refractivity contribution in [3.05, 3.63) is 17.9 Å². The Morgan fingerprint density at radius 2 is 2.05 bits per heavy atom. The van der Waals surface area contributed by atoms with Gasteiger partial charge in [-0.1, -0.05) is 12.8 Å². The molecule has 112 valence electrons. The first-order chi connectivity index (χ1) is 9.49. The highest BCUT2D eigenvalue weighted by Crippen LogP contribution is 2.34. The van der Waals surface area contributed by atoms with Crippen molar-refractivity contribution in [1.82, 2.24) is 0 Å². The molecule has 1 heterocycles. The van der Waals surface area contributed by atoms with E-state index in [-0.39, 0.29) is 11.7 Å². The highest BCUT2D eigenvalue weighted by atomic mass is 19.3. The molecule has 1 aromatic rings. The molecule has 1 saturated heterocycles. The monoisotopic (exact) mass is 288 g/mol. The lowest BCUT2D eigenvalue weighted by molar-refractivity contribution is -0.0521. The maximum absolute atomic E-state index is 13.6. The van der Waals surface area contributed by atoms with Gasteiger partial charge in [0.05, 0.1) is 11.4 Å². The third-order valence-corrected chi connectivity index (χ3v) is 3.66. The average Bonchev–Trinajstić information content (AvgIpc) is 2.57. The molecule has 2 rings (SSSR count). The van der Waals surface area contributed by atoms with Gasteiger partial charge in [0.15, 0.2) is 11.6 Å². The zero-order chi connectivity index (χ0) is 14.7. The molecule has 0 saturated carbocycles. The number of hydrogen-bond acceptors (Lipinski definition) is 3. The molecule has 1 aromatic carbocycles. The van der Waals surface area contributed by atoms with Crippen LogP contribution >= 0.6 is 0 Å². The first-order valence-corrected chi connectivity index (χ1v) is 6.79. The second-order valence-corrected chi connectivity index (χ2v) is 5.11. The van der Waals surface area contributed by atoms with Crippen LogP contribution in [-0.4, -0.2) is 19.2 Å². The number of ether oxygens (including phenoxy) is 1. The summed E-state index contributed by atoms with van der Waals surface area (Å²) in [6.45, 7) is -0.213. The molecule has 0 spiro atoms. The number of nitrogens with zero attached hydrogens (tertiary/aromatic N) is 1. The maximum Gasteiger partial charge on any atom is 0.387 e. The van der Waals surface area contributed by atoms with Gasteiger partial charge < -0.3 is 15.4 Å². The summed E-state index contributed by atoms with van der Waals surface area (Å²) < 4.78 is 42.4. The van der Waals surface area contributed by atoms with Crippen molar-refractivity contribution >= 4 is 11.4 Å². The van der Waals surface area contributed by atoms with Gasteiger partial charge in [-0.15, -0.1) is 0 Å². The number of hydrogen-bond donors (Lipinski definition) is 1. The third-order valence-electron chi connectivity index (χ3n) is 3.66. The van der Waals surface area contributed by atoms with Gasteiger partial charge >= 0.3 is 6.61 Å².